The van der Waals surface area contributed by atoms with Crippen molar-refractivity contribution in [3.05, 3.63) is 54.7 Å². The van der Waals surface area contributed by atoms with Crippen LogP contribution in [0.1, 0.15) is 5.69 Å². The van der Waals surface area contributed by atoms with E-state index in [1.165, 1.54) is 4.90 Å². The number of pyridine rings is 1. The lowest BCUT2D eigenvalue weighted by atomic mass is 10.3. The summed E-state index contributed by atoms with van der Waals surface area (Å²) in [7, 11) is 1.62. The molecule has 112 valence electrons. The van der Waals surface area contributed by atoms with Crippen LogP contribution in [0, 0.1) is 0 Å². The first-order valence-corrected chi connectivity index (χ1v) is 6.54. The van der Waals surface area contributed by atoms with Crippen molar-refractivity contribution >= 4 is 11.8 Å². The van der Waals surface area contributed by atoms with Crippen LogP contribution in [0.5, 0.6) is 0 Å². The molecule has 22 heavy (non-hydrogen) atoms. The van der Waals surface area contributed by atoms with Crippen LogP contribution in [0.15, 0.2) is 57.9 Å². The molecule has 3 rings (SSSR count). The maximum absolute atomic E-state index is 12.0. The number of anilines is 1. The molecule has 7 nitrogen and oxygen atoms in total. The van der Waals surface area contributed by atoms with Gasteiger partial charge in [0.25, 0.3) is 0 Å². The van der Waals surface area contributed by atoms with Crippen LogP contribution in [-0.2, 0) is 11.3 Å². The molecule has 0 radical (unpaired) electrons. The third-order valence-electron chi connectivity index (χ3n) is 2.99. The number of hydrogen-bond donors (Lipinski definition) is 0. The van der Waals surface area contributed by atoms with Gasteiger partial charge in [-0.05, 0) is 24.3 Å². The Morgan fingerprint density at radius 1 is 1.27 bits per heavy atom. The summed E-state index contributed by atoms with van der Waals surface area (Å²) in [6.07, 6.45) is 4.26. The predicted molar refractivity (Wildman–Crippen MR) is 77.0 cm³/mol. The predicted octanol–water partition coefficient (Wildman–Crippen LogP) is 3.10. The first-order valence-electron chi connectivity index (χ1n) is 6.54. The van der Waals surface area contributed by atoms with Gasteiger partial charge in [-0.2, -0.15) is 0 Å². The fourth-order valence-corrected chi connectivity index (χ4v) is 1.82. The fraction of sp³-hybridized carbons (Fsp3) is 0.133. The van der Waals surface area contributed by atoms with Gasteiger partial charge in [0, 0.05) is 31.2 Å². The van der Waals surface area contributed by atoms with E-state index in [9.17, 15) is 4.79 Å². The number of hydrogen-bond acceptors (Lipinski definition) is 6. The molecule has 0 saturated heterocycles. The van der Waals surface area contributed by atoms with Crippen molar-refractivity contribution in [3.8, 4) is 11.5 Å². The standard InChI is InChI=1S/C15H13N3O4/c1-18(12-4-6-16-7-5-12)15(19)21-10-11-9-14(22-17-11)13-3-2-8-20-13/h2-9H,10H2,1H3. The average Bonchev–Trinajstić information content (AvgIpc) is 3.23. The molecule has 0 N–H and O–H groups in total. The van der Waals surface area contributed by atoms with Gasteiger partial charge in [0.1, 0.15) is 12.3 Å². The molecule has 0 aliphatic carbocycles. The third kappa shape index (κ3) is 2.98. The van der Waals surface area contributed by atoms with E-state index in [2.05, 4.69) is 10.1 Å². The molecule has 0 unspecified atom stereocenters. The van der Waals surface area contributed by atoms with E-state index in [1.54, 1.807) is 56.0 Å². The first kappa shape index (κ1) is 13.9. The van der Waals surface area contributed by atoms with Crippen molar-refractivity contribution in [2.75, 3.05) is 11.9 Å². The Labute approximate surface area is 126 Å². The minimum atomic E-state index is -0.492. The molecule has 3 heterocycles. The Kier molecular flexibility index (Phi) is 3.86. The molecular formula is C15H13N3O4. The molecule has 0 fully saturated rings. The molecule has 7 heteroatoms. The molecule has 0 saturated carbocycles. The largest absolute Gasteiger partial charge is 0.461 e. The zero-order valence-corrected chi connectivity index (χ0v) is 11.8. The van der Waals surface area contributed by atoms with Gasteiger partial charge in [-0.15, -0.1) is 0 Å². The number of carbonyl (C=O) groups is 1. The Morgan fingerprint density at radius 2 is 2.09 bits per heavy atom. The minimum Gasteiger partial charge on any atom is -0.461 e. The van der Waals surface area contributed by atoms with Crippen LogP contribution in [-0.4, -0.2) is 23.3 Å². The molecule has 0 aliphatic rings. The van der Waals surface area contributed by atoms with E-state index >= 15 is 0 Å². The molecule has 0 bridgehead atoms. The SMILES string of the molecule is CN(C(=O)OCc1cc(-c2ccco2)on1)c1ccncc1. The highest BCUT2D eigenvalue weighted by Gasteiger charge is 2.14. The van der Waals surface area contributed by atoms with Crippen molar-refractivity contribution < 1.29 is 18.5 Å². The molecule has 3 aromatic rings. The lowest BCUT2D eigenvalue weighted by Crippen LogP contribution is -2.26. The summed E-state index contributed by atoms with van der Waals surface area (Å²) in [6.45, 7) is 0.0124. The zero-order valence-electron chi connectivity index (χ0n) is 11.8. The quantitative estimate of drug-likeness (QED) is 0.736. The second-order valence-electron chi connectivity index (χ2n) is 4.48. The lowest BCUT2D eigenvalue weighted by molar-refractivity contribution is 0.145. The van der Waals surface area contributed by atoms with E-state index in [-0.39, 0.29) is 6.61 Å². The number of amides is 1. The number of carbonyl (C=O) groups excluding carboxylic acids is 1. The van der Waals surface area contributed by atoms with Gasteiger partial charge < -0.3 is 13.7 Å². The smallest absolute Gasteiger partial charge is 0.414 e. The van der Waals surface area contributed by atoms with Gasteiger partial charge in [-0.25, -0.2) is 4.79 Å². The monoisotopic (exact) mass is 299 g/mol. The van der Waals surface area contributed by atoms with Gasteiger partial charge in [0.2, 0.25) is 5.76 Å². The van der Waals surface area contributed by atoms with Crippen molar-refractivity contribution in [2.24, 2.45) is 0 Å². The van der Waals surface area contributed by atoms with E-state index in [0.29, 0.717) is 22.9 Å². The average molecular weight is 299 g/mol. The Hall–Kier alpha value is -3.09. The summed E-state index contributed by atoms with van der Waals surface area (Å²) in [5.74, 6) is 1.05. The maximum atomic E-state index is 12.0. The van der Waals surface area contributed by atoms with Crippen molar-refractivity contribution in [1.82, 2.24) is 10.1 Å². The second-order valence-corrected chi connectivity index (χ2v) is 4.48. The van der Waals surface area contributed by atoms with Gasteiger partial charge in [-0.1, -0.05) is 5.16 Å². The summed E-state index contributed by atoms with van der Waals surface area (Å²) in [4.78, 5) is 17.2. The van der Waals surface area contributed by atoms with Crippen LogP contribution in [0.2, 0.25) is 0 Å². The lowest BCUT2D eigenvalue weighted by Gasteiger charge is -2.16. The number of furan rings is 1. The van der Waals surface area contributed by atoms with Crippen molar-refractivity contribution in [3.63, 3.8) is 0 Å². The Balaban J connectivity index is 1.59. The second kappa shape index (κ2) is 6.13. The number of rotatable bonds is 4. The number of nitrogens with zero attached hydrogens (tertiary/aromatic N) is 3. The zero-order chi connectivity index (χ0) is 15.4. The van der Waals surface area contributed by atoms with Crippen LogP contribution >= 0.6 is 0 Å². The normalized spacial score (nSPS) is 10.4. The molecule has 0 spiro atoms. The summed E-state index contributed by atoms with van der Waals surface area (Å²) < 4.78 is 15.5. The molecule has 3 aromatic heterocycles. The van der Waals surface area contributed by atoms with Gasteiger partial charge in [0.05, 0.1) is 6.26 Å². The van der Waals surface area contributed by atoms with Gasteiger partial charge in [-0.3, -0.25) is 9.88 Å². The number of ether oxygens (including phenoxy) is 1. The van der Waals surface area contributed by atoms with E-state index < -0.39 is 6.09 Å². The van der Waals surface area contributed by atoms with Crippen LogP contribution in [0.4, 0.5) is 10.5 Å². The van der Waals surface area contributed by atoms with E-state index in [4.69, 9.17) is 13.7 Å². The maximum Gasteiger partial charge on any atom is 0.414 e. The summed E-state index contributed by atoms with van der Waals surface area (Å²) >= 11 is 0. The fourth-order valence-electron chi connectivity index (χ4n) is 1.82. The summed E-state index contributed by atoms with van der Waals surface area (Å²) in [5, 5.41) is 3.84. The first-order chi connectivity index (χ1) is 10.7. The van der Waals surface area contributed by atoms with Gasteiger partial charge >= 0.3 is 6.09 Å². The highest BCUT2D eigenvalue weighted by molar-refractivity contribution is 5.86. The number of aromatic nitrogens is 2. The Bertz CT molecular complexity index is 737. The molecule has 0 aliphatic heterocycles. The summed E-state index contributed by atoms with van der Waals surface area (Å²) in [6, 6.07) is 8.60. The van der Waals surface area contributed by atoms with Crippen molar-refractivity contribution in [1.29, 1.82) is 0 Å². The van der Waals surface area contributed by atoms with Gasteiger partial charge in [0.15, 0.2) is 5.76 Å². The summed E-state index contributed by atoms with van der Waals surface area (Å²) in [5.41, 5.74) is 1.19. The molecule has 0 atom stereocenters. The van der Waals surface area contributed by atoms with Crippen molar-refractivity contribution in [2.45, 2.75) is 6.61 Å². The third-order valence-corrected chi connectivity index (χ3v) is 2.99. The minimum absolute atomic E-state index is 0.0124. The van der Waals surface area contributed by atoms with E-state index in [1.807, 2.05) is 0 Å². The highest BCUT2D eigenvalue weighted by Crippen LogP contribution is 2.21. The van der Waals surface area contributed by atoms with Crippen LogP contribution in [0.3, 0.4) is 0 Å². The van der Waals surface area contributed by atoms with Crippen LogP contribution in [0.25, 0.3) is 11.5 Å². The van der Waals surface area contributed by atoms with E-state index in [0.717, 1.165) is 0 Å². The Morgan fingerprint density at radius 3 is 2.82 bits per heavy atom. The highest BCUT2D eigenvalue weighted by atomic mass is 16.6. The topological polar surface area (TPSA) is 81.6 Å². The molecule has 1 amide bonds. The van der Waals surface area contributed by atoms with Crippen LogP contribution < -0.4 is 4.90 Å². The molecular weight excluding hydrogens is 286 g/mol. The molecule has 0 aromatic carbocycles.